The van der Waals surface area contributed by atoms with E-state index in [2.05, 4.69) is 30.0 Å². The zero-order chi connectivity index (χ0) is 30.9. The van der Waals surface area contributed by atoms with Crippen LogP contribution in [0.4, 0.5) is 5.69 Å². The largest absolute Gasteiger partial charge is 0.490 e. The Morgan fingerprint density at radius 2 is 2.07 bits per heavy atom. The van der Waals surface area contributed by atoms with Gasteiger partial charge in [0, 0.05) is 30.6 Å². The molecular weight excluding hydrogens is 588 g/mol. The maximum atomic E-state index is 12.0. The molecule has 1 unspecified atom stereocenters. The summed E-state index contributed by atoms with van der Waals surface area (Å²) < 4.78 is 35.5. The number of hydrogen-bond donors (Lipinski definition) is 2. The van der Waals surface area contributed by atoms with E-state index in [0.717, 1.165) is 61.5 Å². The first-order valence-electron chi connectivity index (χ1n) is 15.1. The number of rotatable bonds is 10. The Morgan fingerprint density at radius 1 is 1.28 bits per heavy atom. The number of nitrogens with two attached hydrogens (primary N) is 1. The minimum absolute atomic E-state index is 0.0481. The number of aromatic carboxylic acids is 1. The molecule has 8 nitrogen and oxygen atoms in total. The van der Waals surface area contributed by atoms with Gasteiger partial charge in [-0.05, 0) is 110 Å². The number of primary sulfonamides is 1. The molecular formula is C33H43ClN2O6S. The number of halogens is 1. The number of benzene rings is 2. The average Bonchev–Trinajstić information content (AvgIpc) is 3.09. The fourth-order valence-corrected chi connectivity index (χ4v) is 8.32. The van der Waals surface area contributed by atoms with Crippen molar-refractivity contribution in [3.05, 3.63) is 69.8 Å². The van der Waals surface area contributed by atoms with Crippen LogP contribution in [0, 0.1) is 17.8 Å². The number of anilines is 1. The highest BCUT2D eigenvalue weighted by Gasteiger charge is 2.44. The van der Waals surface area contributed by atoms with Crippen LogP contribution >= 0.6 is 11.6 Å². The molecule has 0 saturated heterocycles. The third-order valence-corrected chi connectivity index (χ3v) is 10.8. The molecule has 5 atom stereocenters. The quantitative estimate of drug-likeness (QED) is 0.318. The molecule has 0 radical (unpaired) electrons. The highest BCUT2D eigenvalue weighted by atomic mass is 35.5. The van der Waals surface area contributed by atoms with E-state index in [1.165, 1.54) is 11.1 Å². The lowest BCUT2D eigenvalue weighted by Crippen LogP contribution is -2.50. The molecule has 1 aliphatic heterocycles. The summed E-state index contributed by atoms with van der Waals surface area (Å²) in [5.41, 5.74) is 4.45. The molecule has 3 N–H and O–H groups in total. The van der Waals surface area contributed by atoms with Crippen LogP contribution in [-0.2, 0) is 26.6 Å². The number of carbonyl (C=O) groups is 1. The molecule has 0 aromatic heterocycles. The van der Waals surface area contributed by atoms with Crippen molar-refractivity contribution in [3.8, 4) is 5.75 Å². The summed E-state index contributed by atoms with van der Waals surface area (Å²) in [7, 11) is -1.77. The minimum Gasteiger partial charge on any atom is -0.490 e. The summed E-state index contributed by atoms with van der Waals surface area (Å²) in [5.74, 6) is 0.374. The zero-order valence-corrected chi connectivity index (χ0v) is 26.8. The molecule has 1 fully saturated rings. The van der Waals surface area contributed by atoms with Crippen LogP contribution in [0.2, 0.25) is 5.02 Å². The van der Waals surface area contributed by atoms with E-state index in [0.29, 0.717) is 24.7 Å². The predicted octanol–water partition coefficient (Wildman–Crippen LogP) is 5.81. The van der Waals surface area contributed by atoms with Gasteiger partial charge in [-0.1, -0.05) is 30.7 Å². The smallest absolute Gasteiger partial charge is 0.335 e. The molecule has 1 heterocycles. The Hall–Kier alpha value is -2.59. The van der Waals surface area contributed by atoms with Gasteiger partial charge >= 0.3 is 5.97 Å². The molecule has 0 amide bonds. The van der Waals surface area contributed by atoms with Crippen molar-refractivity contribution in [1.29, 1.82) is 0 Å². The fraction of sp³-hybridized carbons (Fsp3) is 0.545. The molecule has 1 saturated carbocycles. The first kappa shape index (κ1) is 31.8. The van der Waals surface area contributed by atoms with Crippen molar-refractivity contribution in [2.24, 2.45) is 22.9 Å². The highest BCUT2D eigenvalue weighted by Crippen LogP contribution is 2.47. The summed E-state index contributed by atoms with van der Waals surface area (Å²) in [4.78, 5) is 14.3. The number of carboxylic acid groups (broad SMARTS) is 1. The van der Waals surface area contributed by atoms with Gasteiger partial charge in [0.1, 0.15) is 5.75 Å². The molecule has 0 bridgehead atoms. The molecule has 43 heavy (non-hydrogen) atoms. The lowest BCUT2D eigenvalue weighted by molar-refractivity contribution is 0.00601. The van der Waals surface area contributed by atoms with Gasteiger partial charge in [0.2, 0.25) is 10.0 Å². The fourth-order valence-electron chi connectivity index (χ4n) is 7.43. The Kier molecular flexibility index (Phi) is 9.47. The second-order valence-corrected chi connectivity index (χ2v) is 15.0. The van der Waals surface area contributed by atoms with E-state index in [1.807, 2.05) is 13.0 Å². The van der Waals surface area contributed by atoms with E-state index in [-0.39, 0.29) is 34.7 Å². The average molecular weight is 631 g/mol. The van der Waals surface area contributed by atoms with Crippen molar-refractivity contribution in [3.63, 3.8) is 0 Å². The summed E-state index contributed by atoms with van der Waals surface area (Å²) in [5, 5.41) is 15.8. The van der Waals surface area contributed by atoms with Crippen molar-refractivity contribution in [1.82, 2.24) is 0 Å². The molecule has 5 rings (SSSR count). The SMILES string of the molecule is CO[C@@H](/C(C)=C/C(C)CCS(N)(=O)=O)[C@@H]1CC[C@H]1CN1C[C@@]2(CCCc3cc(Cl)ccc32)COc2ccc(C(=O)O)cc21. The number of hydrogen-bond acceptors (Lipinski definition) is 6. The summed E-state index contributed by atoms with van der Waals surface area (Å²) in [6, 6.07) is 11.3. The Labute approximate surface area is 260 Å². The van der Waals surface area contributed by atoms with Crippen LogP contribution in [0.5, 0.6) is 5.75 Å². The summed E-state index contributed by atoms with van der Waals surface area (Å²) in [6.07, 6.45) is 7.55. The van der Waals surface area contributed by atoms with Gasteiger partial charge in [-0.3, -0.25) is 0 Å². The molecule has 2 aromatic rings. The number of allylic oxidation sites excluding steroid dienone is 1. The molecule has 234 valence electrons. The van der Waals surface area contributed by atoms with Crippen molar-refractivity contribution < 1.29 is 27.8 Å². The normalized spacial score (nSPS) is 25.1. The van der Waals surface area contributed by atoms with Gasteiger partial charge in [0.05, 0.1) is 29.7 Å². The third-order valence-electron chi connectivity index (χ3n) is 9.71. The number of aryl methyl sites for hydroxylation is 1. The standard InChI is InChI=1S/C33H43ClN2O6S/c1-21(12-14-43(35,39)40)15-22(2)31(41-3)27-9-6-25(27)18-36-19-33(13-4-5-23-16-26(34)8-10-28(23)33)20-42-30-11-7-24(32(37)38)17-29(30)36/h7-8,10-11,15-17,21,25,27,31H,4-6,9,12-14,18-20H2,1-3H3,(H,37,38)(H2,35,39,40)/b22-15+/t21?,25-,27+,31-,33-/m0/s1. The number of methoxy groups -OCH3 is 1. The number of sulfonamides is 1. The number of ether oxygens (including phenoxy) is 2. The monoisotopic (exact) mass is 630 g/mol. The van der Waals surface area contributed by atoms with Crippen LogP contribution in [-0.4, -0.2) is 58.2 Å². The highest BCUT2D eigenvalue weighted by molar-refractivity contribution is 7.89. The van der Waals surface area contributed by atoms with Gasteiger partial charge in [0.15, 0.2) is 0 Å². The van der Waals surface area contributed by atoms with Gasteiger partial charge in [0.25, 0.3) is 0 Å². The van der Waals surface area contributed by atoms with Crippen molar-refractivity contribution in [2.45, 2.75) is 63.9 Å². The van der Waals surface area contributed by atoms with E-state index in [9.17, 15) is 18.3 Å². The second-order valence-electron chi connectivity index (χ2n) is 12.8. The first-order chi connectivity index (χ1) is 20.4. The van der Waals surface area contributed by atoms with Crippen molar-refractivity contribution >= 4 is 33.3 Å². The van der Waals surface area contributed by atoms with E-state index in [1.54, 1.807) is 25.3 Å². The van der Waals surface area contributed by atoms with Gasteiger partial charge in [-0.2, -0.15) is 0 Å². The number of fused-ring (bicyclic) bond motifs is 3. The molecule has 2 aliphatic carbocycles. The molecule has 1 spiro atoms. The molecule has 3 aliphatic rings. The van der Waals surface area contributed by atoms with Crippen LogP contribution in [0.25, 0.3) is 0 Å². The Balaban J connectivity index is 1.43. The van der Waals surface area contributed by atoms with Gasteiger partial charge in [-0.15, -0.1) is 0 Å². The molecule has 10 heteroatoms. The van der Waals surface area contributed by atoms with Gasteiger partial charge < -0.3 is 19.5 Å². The van der Waals surface area contributed by atoms with Gasteiger partial charge in [-0.25, -0.2) is 18.4 Å². The van der Waals surface area contributed by atoms with Crippen LogP contribution < -0.4 is 14.8 Å². The topological polar surface area (TPSA) is 119 Å². The third kappa shape index (κ3) is 7.06. The minimum atomic E-state index is -3.50. The Bertz CT molecular complexity index is 1490. The lowest BCUT2D eigenvalue weighted by Gasteiger charge is -2.46. The predicted molar refractivity (Wildman–Crippen MR) is 170 cm³/mol. The number of carboxylic acids is 1. The van der Waals surface area contributed by atoms with E-state index in [4.69, 9.17) is 26.2 Å². The van der Waals surface area contributed by atoms with Crippen molar-refractivity contribution in [2.75, 3.05) is 37.5 Å². The van der Waals surface area contributed by atoms with Crippen LogP contribution in [0.1, 0.15) is 67.4 Å². The number of nitrogens with zero attached hydrogens (tertiary/aromatic N) is 1. The first-order valence-corrected chi connectivity index (χ1v) is 17.2. The second kappa shape index (κ2) is 12.8. The van der Waals surface area contributed by atoms with E-state index >= 15 is 0 Å². The lowest BCUT2D eigenvalue weighted by atomic mass is 9.67. The Morgan fingerprint density at radius 3 is 2.74 bits per heavy atom. The zero-order valence-electron chi connectivity index (χ0n) is 25.2. The maximum absolute atomic E-state index is 12.0. The summed E-state index contributed by atoms with van der Waals surface area (Å²) in [6.45, 7) is 6.05. The van der Waals surface area contributed by atoms with Crippen LogP contribution in [0.3, 0.4) is 0 Å². The van der Waals surface area contributed by atoms with E-state index < -0.39 is 16.0 Å². The van der Waals surface area contributed by atoms with Crippen LogP contribution in [0.15, 0.2) is 48.0 Å². The maximum Gasteiger partial charge on any atom is 0.335 e. The molecule has 2 aromatic carbocycles. The summed E-state index contributed by atoms with van der Waals surface area (Å²) >= 11 is 6.39.